The molecule has 3 rings (SSSR count). The molecule has 1 aromatic rings. The zero-order valence-electron chi connectivity index (χ0n) is 10.6. The molecule has 0 saturated carbocycles. The Labute approximate surface area is 108 Å². The number of carbonyl (C=O) groups excluding carboxylic acids is 1. The lowest BCUT2D eigenvalue weighted by Crippen LogP contribution is -2.52. The monoisotopic (exact) mass is 244 g/mol. The van der Waals surface area contributed by atoms with Crippen LogP contribution in [-0.2, 0) is 17.6 Å². The van der Waals surface area contributed by atoms with Gasteiger partial charge in [-0.15, -0.1) is 0 Å². The van der Waals surface area contributed by atoms with Gasteiger partial charge in [0.05, 0.1) is 6.04 Å². The maximum Gasteiger partial charge on any atom is 0.237 e. The normalized spacial score (nSPS) is 27.4. The summed E-state index contributed by atoms with van der Waals surface area (Å²) in [6, 6.07) is 9.13. The highest BCUT2D eigenvalue weighted by Gasteiger charge is 2.26. The number of piperidine rings is 1. The molecule has 2 unspecified atom stereocenters. The molecule has 2 aliphatic rings. The molecular weight excluding hydrogens is 224 g/mol. The highest BCUT2D eigenvalue weighted by molar-refractivity contribution is 5.82. The van der Waals surface area contributed by atoms with Crippen LogP contribution in [0.4, 0.5) is 0 Å². The fraction of sp³-hybridized carbons (Fsp3) is 0.533. The third kappa shape index (κ3) is 2.41. The second-order valence-corrected chi connectivity index (χ2v) is 5.36. The number of hydrogen-bond acceptors (Lipinski definition) is 2. The molecule has 1 fully saturated rings. The van der Waals surface area contributed by atoms with E-state index in [4.69, 9.17) is 0 Å². The Bertz CT molecular complexity index is 444. The van der Waals surface area contributed by atoms with Crippen LogP contribution < -0.4 is 10.6 Å². The maximum atomic E-state index is 11.7. The summed E-state index contributed by atoms with van der Waals surface area (Å²) in [5, 5.41) is 6.48. The van der Waals surface area contributed by atoms with E-state index in [1.54, 1.807) is 0 Å². The summed E-state index contributed by atoms with van der Waals surface area (Å²) in [5.41, 5.74) is 2.92. The number of amides is 1. The van der Waals surface area contributed by atoms with Crippen LogP contribution in [0.2, 0.25) is 0 Å². The standard InChI is InChI=1S/C15H20N2O/c18-15-14(6-3-9-16-15)17-13-8-7-11-4-1-2-5-12(11)10-13/h1-2,4-5,13-14,17H,3,6-10H2,(H,16,18). The van der Waals surface area contributed by atoms with E-state index in [0.717, 1.165) is 38.6 Å². The Morgan fingerprint density at radius 3 is 2.83 bits per heavy atom. The third-order valence-corrected chi connectivity index (χ3v) is 4.07. The van der Waals surface area contributed by atoms with Crippen molar-refractivity contribution < 1.29 is 4.79 Å². The van der Waals surface area contributed by atoms with Crippen LogP contribution >= 0.6 is 0 Å². The first-order chi connectivity index (χ1) is 8.83. The van der Waals surface area contributed by atoms with Crippen LogP contribution in [-0.4, -0.2) is 24.5 Å². The second kappa shape index (κ2) is 5.11. The number of nitrogens with one attached hydrogen (secondary N) is 2. The van der Waals surface area contributed by atoms with Crippen LogP contribution in [0, 0.1) is 0 Å². The number of rotatable bonds is 2. The predicted octanol–water partition coefficient (Wildman–Crippen LogP) is 1.41. The molecule has 0 radical (unpaired) electrons. The van der Waals surface area contributed by atoms with Crippen molar-refractivity contribution in [1.29, 1.82) is 0 Å². The van der Waals surface area contributed by atoms with E-state index < -0.39 is 0 Å². The van der Waals surface area contributed by atoms with E-state index in [0.29, 0.717) is 6.04 Å². The minimum atomic E-state index is 0.0222. The molecule has 1 aliphatic heterocycles. The molecule has 2 N–H and O–H groups in total. The van der Waals surface area contributed by atoms with Crippen molar-refractivity contribution in [2.24, 2.45) is 0 Å². The average Bonchev–Trinajstić information content (AvgIpc) is 2.41. The van der Waals surface area contributed by atoms with Crippen molar-refractivity contribution in [3.63, 3.8) is 0 Å². The molecule has 2 atom stereocenters. The van der Waals surface area contributed by atoms with Gasteiger partial charge < -0.3 is 10.6 Å². The number of fused-ring (bicyclic) bond motifs is 1. The molecule has 1 amide bonds. The van der Waals surface area contributed by atoms with Crippen molar-refractivity contribution in [3.05, 3.63) is 35.4 Å². The van der Waals surface area contributed by atoms with Crippen LogP contribution in [0.25, 0.3) is 0 Å². The number of benzene rings is 1. The van der Waals surface area contributed by atoms with Crippen molar-refractivity contribution in [3.8, 4) is 0 Å². The molecule has 1 aliphatic carbocycles. The van der Waals surface area contributed by atoms with Crippen LogP contribution in [0.3, 0.4) is 0 Å². The summed E-state index contributed by atoms with van der Waals surface area (Å²) in [7, 11) is 0. The highest BCUT2D eigenvalue weighted by atomic mass is 16.2. The Hall–Kier alpha value is -1.35. The number of hydrogen-bond donors (Lipinski definition) is 2. The van der Waals surface area contributed by atoms with Gasteiger partial charge in [0.1, 0.15) is 0 Å². The zero-order chi connectivity index (χ0) is 12.4. The lowest BCUT2D eigenvalue weighted by Gasteiger charge is -2.31. The summed E-state index contributed by atoms with van der Waals surface area (Å²) in [6.45, 7) is 0.838. The summed E-state index contributed by atoms with van der Waals surface area (Å²) in [5.74, 6) is 0.181. The quantitative estimate of drug-likeness (QED) is 0.826. The number of carbonyl (C=O) groups is 1. The first-order valence-electron chi connectivity index (χ1n) is 6.93. The van der Waals surface area contributed by atoms with E-state index in [1.165, 1.54) is 11.1 Å². The zero-order valence-corrected chi connectivity index (χ0v) is 10.6. The van der Waals surface area contributed by atoms with Crippen molar-refractivity contribution in [2.75, 3.05) is 6.54 Å². The van der Waals surface area contributed by atoms with Gasteiger partial charge in [0, 0.05) is 12.6 Å². The summed E-state index contributed by atoms with van der Waals surface area (Å²) in [6.07, 6.45) is 5.39. The summed E-state index contributed by atoms with van der Waals surface area (Å²) < 4.78 is 0. The summed E-state index contributed by atoms with van der Waals surface area (Å²) >= 11 is 0. The Balaban J connectivity index is 1.64. The van der Waals surface area contributed by atoms with Crippen LogP contribution in [0.15, 0.2) is 24.3 Å². The molecule has 1 aromatic carbocycles. The van der Waals surface area contributed by atoms with Gasteiger partial charge in [-0.05, 0) is 43.2 Å². The maximum absolute atomic E-state index is 11.7. The SMILES string of the molecule is O=C1NCCCC1NC1CCc2ccccc2C1. The molecule has 3 heteroatoms. The topological polar surface area (TPSA) is 41.1 Å². The largest absolute Gasteiger partial charge is 0.355 e. The Kier molecular flexibility index (Phi) is 3.33. The molecule has 18 heavy (non-hydrogen) atoms. The lowest BCUT2D eigenvalue weighted by atomic mass is 9.87. The van der Waals surface area contributed by atoms with Crippen LogP contribution in [0.5, 0.6) is 0 Å². The second-order valence-electron chi connectivity index (χ2n) is 5.36. The van der Waals surface area contributed by atoms with Gasteiger partial charge in [0.25, 0.3) is 0 Å². The molecule has 3 nitrogen and oxygen atoms in total. The number of aryl methyl sites for hydroxylation is 1. The van der Waals surface area contributed by atoms with Crippen molar-refractivity contribution in [2.45, 2.75) is 44.2 Å². The van der Waals surface area contributed by atoms with Gasteiger partial charge in [-0.1, -0.05) is 24.3 Å². The minimum absolute atomic E-state index is 0.0222. The first-order valence-corrected chi connectivity index (χ1v) is 6.93. The fourth-order valence-electron chi connectivity index (χ4n) is 3.06. The predicted molar refractivity (Wildman–Crippen MR) is 71.4 cm³/mol. The van der Waals surface area contributed by atoms with Gasteiger partial charge >= 0.3 is 0 Å². The summed E-state index contributed by atoms with van der Waals surface area (Å²) in [4.78, 5) is 11.7. The van der Waals surface area contributed by atoms with Crippen molar-refractivity contribution in [1.82, 2.24) is 10.6 Å². The van der Waals surface area contributed by atoms with Gasteiger partial charge in [0.15, 0.2) is 0 Å². The Morgan fingerprint density at radius 2 is 2.00 bits per heavy atom. The van der Waals surface area contributed by atoms with Crippen molar-refractivity contribution >= 4 is 5.91 Å². The first kappa shape index (κ1) is 11.7. The van der Waals surface area contributed by atoms with E-state index in [1.807, 2.05) is 0 Å². The van der Waals surface area contributed by atoms with E-state index in [9.17, 15) is 4.79 Å². The molecule has 0 aromatic heterocycles. The average molecular weight is 244 g/mol. The highest BCUT2D eigenvalue weighted by Crippen LogP contribution is 2.21. The lowest BCUT2D eigenvalue weighted by molar-refractivity contribution is -0.124. The van der Waals surface area contributed by atoms with Gasteiger partial charge in [-0.3, -0.25) is 4.79 Å². The van der Waals surface area contributed by atoms with Gasteiger partial charge in [-0.2, -0.15) is 0 Å². The van der Waals surface area contributed by atoms with E-state index >= 15 is 0 Å². The molecule has 0 bridgehead atoms. The van der Waals surface area contributed by atoms with E-state index in [-0.39, 0.29) is 11.9 Å². The fourth-order valence-corrected chi connectivity index (χ4v) is 3.06. The van der Waals surface area contributed by atoms with Gasteiger partial charge in [-0.25, -0.2) is 0 Å². The molecule has 0 spiro atoms. The molecular formula is C15H20N2O. The smallest absolute Gasteiger partial charge is 0.237 e. The minimum Gasteiger partial charge on any atom is -0.355 e. The van der Waals surface area contributed by atoms with E-state index in [2.05, 4.69) is 34.9 Å². The molecule has 96 valence electrons. The van der Waals surface area contributed by atoms with Crippen LogP contribution in [0.1, 0.15) is 30.4 Å². The molecule has 1 saturated heterocycles. The van der Waals surface area contributed by atoms with Gasteiger partial charge in [0.2, 0.25) is 5.91 Å². The third-order valence-electron chi connectivity index (χ3n) is 4.07. The molecule has 1 heterocycles. The Morgan fingerprint density at radius 1 is 1.17 bits per heavy atom.